The topological polar surface area (TPSA) is 131 Å². The summed E-state index contributed by atoms with van der Waals surface area (Å²) in [5.41, 5.74) is 3.65. The first kappa shape index (κ1) is 37.9. The molecular weight excluding hydrogens is 773 g/mol. The van der Waals surface area contributed by atoms with Crippen molar-refractivity contribution in [2.45, 2.75) is 26.5 Å². The fourth-order valence-electron chi connectivity index (χ4n) is 6.47. The van der Waals surface area contributed by atoms with Crippen LogP contribution in [0.5, 0.6) is 23.0 Å². The number of benzene rings is 7. The monoisotopic (exact) mass is 806 g/mol. The van der Waals surface area contributed by atoms with Crippen LogP contribution in [0, 0.1) is 6.92 Å². The zero-order chi connectivity index (χ0) is 40.6. The van der Waals surface area contributed by atoms with Gasteiger partial charge in [-0.1, -0.05) is 29.8 Å². The van der Waals surface area contributed by atoms with Crippen molar-refractivity contribution in [3.63, 3.8) is 0 Å². The number of imidazole rings is 1. The van der Waals surface area contributed by atoms with Gasteiger partial charge in [-0.15, -0.1) is 0 Å². The Morgan fingerprint density at radius 3 is 1.22 bits per heavy atom. The zero-order valence-electron chi connectivity index (χ0n) is 31.1. The number of aromatic nitrogens is 2. The highest BCUT2D eigenvalue weighted by molar-refractivity contribution is 7.91. The largest absolute Gasteiger partial charge is 0.457 e. The van der Waals surface area contributed by atoms with E-state index in [1.54, 1.807) is 125 Å². The van der Waals surface area contributed by atoms with Crippen molar-refractivity contribution in [3.05, 3.63) is 197 Å². The van der Waals surface area contributed by atoms with Gasteiger partial charge in [0.1, 0.15) is 23.0 Å². The summed E-state index contributed by atoms with van der Waals surface area (Å²) >= 11 is 0. The first-order chi connectivity index (χ1) is 27.9. The summed E-state index contributed by atoms with van der Waals surface area (Å²) in [5, 5.41) is 0. The molecule has 0 saturated carbocycles. The highest BCUT2D eigenvalue weighted by atomic mass is 32.2. The van der Waals surface area contributed by atoms with E-state index in [1.807, 2.05) is 31.2 Å². The van der Waals surface area contributed by atoms with Crippen molar-refractivity contribution in [2.24, 2.45) is 7.05 Å². The fourth-order valence-corrected chi connectivity index (χ4v) is 8.99. The van der Waals surface area contributed by atoms with E-state index < -0.39 is 19.7 Å². The normalized spacial score (nSPS) is 11.7. The molecule has 58 heavy (non-hydrogen) atoms. The van der Waals surface area contributed by atoms with Gasteiger partial charge < -0.3 is 9.47 Å². The third-order valence-electron chi connectivity index (χ3n) is 9.67. The van der Waals surface area contributed by atoms with Crippen LogP contribution in [0.25, 0.3) is 16.7 Å². The van der Waals surface area contributed by atoms with Crippen LogP contribution in [0.1, 0.15) is 21.5 Å². The molecule has 0 saturated heterocycles. The molecule has 0 spiro atoms. The summed E-state index contributed by atoms with van der Waals surface area (Å²) in [4.78, 5) is 26.7. The fraction of sp³-hybridized carbons (Fsp3) is 0.0435. The van der Waals surface area contributed by atoms with E-state index in [2.05, 4.69) is 0 Å². The summed E-state index contributed by atoms with van der Waals surface area (Å²) in [5.74, 6) is 1.56. The number of ketones is 1. The Kier molecular flexibility index (Phi) is 9.89. The van der Waals surface area contributed by atoms with Gasteiger partial charge in [0, 0.05) is 18.2 Å². The van der Waals surface area contributed by atoms with Gasteiger partial charge in [-0.2, -0.15) is 0 Å². The molecule has 8 aromatic rings. The molecule has 10 nitrogen and oxygen atoms in total. The van der Waals surface area contributed by atoms with Gasteiger partial charge in [-0.25, -0.2) is 21.6 Å². The minimum atomic E-state index is -3.87. The lowest BCUT2D eigenvalue weighted by Crippen LogP contribution is -2.20. The standard InChI is InChI=1S/C46H34N2O8S2/c1-31-7-23-39(24-8-31)57(51,52)41-27-19-37(20-28-41)55-35-15-9-32(10-16-35)45(49)33-11-17-36(18-12-33)56-38-21-29-42(30-22-38)58(53,54)40-25-13-34(14-26-40)48-44-6-4-3-5-43(44)47(2)46(48)50/h3-30H,1-2H3. The lowest BCUT2D eigenvalue weighted by molar-refractivity contribution is 0.103. The summed E-state index contributed by atoms with van der Waals surface area (Å²) < 4.78 is 67.8. The van der Waals surface area contributed by atoms with Gasteiger partial charge in [-0.05, 0) is 153 Å². The Morgan fingerprint density at radius 2 is 0.810 bits per heavy atom. The molecule has 0 amide bonds. The third kappa shape index (κ3) is 7.34. The van der Waals surface area contributed by atoms with Crippen molar-refractivity contribution in [1.29, 1.82) is 0 Å². The van der Waals surface area contributed by atoms with Gasteiger partial charge in [0.2, 0.25) is 19.7 Å². The predicted molar refractivity (Wildman–Crippen MR) is 220 cm³/mol. The average Bonchev–Trinajstić information content (AvgIpc) is 3.50. The SMILES string of the molecule is Cc1ccc(S(=O)(=O)c2ccc(Oc3ccc(C(=O)c4ccc(Oc5ccc(S(=O)(=O)c6ccc(-n7c(=O)n(C)c8ccccc87)cc6)cc5)cc4)cc3)cc2)cc1. The number of carbonyl (C=O) groups is 1. The maximum atomic E-state index is 13.5. The molecule has 0 radical (unpaired) electrons. The molecule has 0 aliphatic rings. The minimum absolute atomic E-state index is 0.0783. The number of rotatable bonds is 11. The van der Waals surface area contributed by atoms with Crippen molar-refractivity contribution < 1.29 is 31.1 Å². The maximum absolute atomic E-state index is 13.5. The lowest BCUT2D eigenvalue weighted by atomic mass is 10.0. The third-order valence-corrected chi connectivity index (χ3v) is 13.2. The summed E-state index contributed by atoms with van der Waals surface area (Å²) in [6, 6.07) is 45.7. The van der Waals surface area contributed by atoms with E-state index in [9.17, 15) is 26.4 Å². The Labute approximate surface area is 334 Å². The number of hydrogen-bond donors (Lipinski definition) is 0. The highest BCUT2D eigenvalue weighted by Crippen LogP contribution is 2.30. The van der Waals surface area contributed by atoms with Gasteiger partial charge in [0.05, 0.1) is 36.3 Å². The van der Waals surface area contributed by atoms with Crippen molar-refractivity contribution in [3.8, 4) is 28.7 Å². The molecule has 0 aliphatic carbocycles. The van der Waals surface area contributed by atoms with Crippen molar-refractivity contribution in [1.82, 2.24) is 9.13 Å². The van der Waals surface area contributed by atoms with Gasteiger partial charge >= 0.3 is 5.69 Å². The van der Waals surface area contributed by atoms with Gasteiger partial charge in [0.25, 0.3) is 0 Å². The molecule has 0 aliphatic heterocycles. The first-order valence-corrected chi connectivity index (χ1v) is 21.0. The second-order valence-corrected chi connectivity index (χ2v) is 17.4. The van der Waals surface area contributed by atoms with Gasteiger partial charge in [0.15, 0.2) is 5.78 Å². The van der Waals surface area contributed by atoms with E-state index in [4.69, 9.17) is 9.47 Å². The second kappa shape index (κ2) is 15.1. The molecule has 8 rings (SSSR count). The van der Waals surface area contributed by atoms with Crippen LogP contribution in [0.4, 0.5) is 0 Å². The van der Waals surface area contributed by atoms with E-state index >= 15 is 0 Å². The quantitative estimate of drug-likeness (QED) is 0.118. The van der Waals surface area contributed by atoms with E-state index in [-0.39, 0.29) is 31.1 Å². The number of para-hydroxylation sites is 2. The highest BCUT2D eigenvalue weighted by Gasteiger charge is 2.20. The van der Waals surface area contributed by atoms with Crippen LogP contribution in [-0.2, 0) is 26.7 Å². The van der Waals surface area contributed by atoms with E-state index in [0.29, 0.717) is 39.8 Å². The second-order valence-electron chi connectivity index (χ2n) is 13.5. The molecule has 0 atom stereocenters. The molecule has 12 heteroatoms. The van der Waals surface area contributed by atoms with Crippen LogP contribution < -0.4 is 15.2 Å². The number of carbonyl (C=O) groups excluding carboxylic acids is 1. The summed E-state index contributed by atoms with van der Waals surface area (Å²) in [7, 11) is -5.83. The molecule has 0 bridgehead atoms. The molecule has 288 valence electrons. The Morgan fingerprint density at radius 1 is 0.466 bits per heavy atom. The number of sulfone groups is 2. The van der Waals surface area contributed by atoms with Crippen LogP contribution in [-0.4, -0.2) is 31.8 Å². The number of hydrogen-bond acceptors (Lipinski definition) is 8. The minimum Gasteiger partial charge on any atom is -0.457 e. The van der Waals surface area contributed by atoms with Gasteiger partial charge in [-0.3, -0.25) is 13.9 Å². The summed E-state index contributed by atoms with van der Waals surface area (Å²) in [6.45, 7) is 1.89. The Bertz CT molecular complexity index is 3080. The number of aryl methyl sites for hydroxylation is 2. The number of ether oxygens (including phenoxy) is 2. The molecule has 0 fully saturated rings. The van der Waals surface area contributed by atoms with E-state index in [0.717, 1.165) is 16.6 Å². The number of nitrogens with zero attached hydrogens (tertiary/aromatic N) is 2. The first-order valence-electron chi connectivity index (χ1n) is 18.0. The van der Waals surface area contributed by atoms with Crippen LogP contribution in [0.3, 0.4) is 0 Å². The average molecular weight is 807 g/mol. The molecular formula is C46H34N2O8S2. The van der Waals surface area contributed by atoms with Crippen LogP contribution >= 0.6 is 0 Å². The van der Waals surface area contributed by atoms with Crippen molar-refractivity contribution in [2.75, 3.05) is 0 Å². The molecule has 1 heterocycles. The Balaban J connectivity index is 0.883. The molecule has 1 aromatic heterocycles. The smallest absolute Gasteiger partial charge is 0.333 e. The van der Waals surface area contributed by atoms with Crippen LogP contribution in [0.2, 0.25) is 0 Å². The van der Waals surface area contributed by atoms with E-state index in [1.165, 1.54) is 36.4 Å². The molecule has 0 N–H and O–H groups in total. The lowest BCUT2D eigenvalue weighted by Gasteiger charge is -2.10. The number of fused-ring (bicyclic) bond motifs is 1. The molecule has 7 aromatic carbocycles. The maximum Gasteiger partial charge on any atom is 0.333 e. The van der Waals surface area contributed by atoms with Crippen LogP contribution in [0.15, 0.2) is 194 Å². The molecule has 0 unspecified atom stereocenters. The predicted octanol–water partition coefficient (Wildman–Crippen LogP) is 9.12. The van der Waals surface area contributed by atoms with Crippen molar-refractivity contribution >= 4 is 36.5 Å². The summed E-state index contributed by atoms with van der Waals surface area (Å²) in [6.07, 6.45) is 0. The Hall–Kier alpha value is -7.02. The zero-order valence-corrected chi connectivity index (χ0v) is 32.8.